The summed E-state index contributed by atoms with van der Waals surface area (Å²) in [5.74, 6) is 0.161. The van der Waals surface area contributed by atoms with Crippen LogP contribution in [-0.2, 0) is 10.0 Å². The maximum Gasteiger partial charge on any atom is 0.253 e. The van der Waals surface area contributed by atoms with E-state index >= 15 is 0 Å². The fraction of sp³-hybridized carbons (Fsp3) is 0.350. The quantitative estimate of drug-likeness (QED) is 0.794. The van der Waals surface area contributed by atoms with Crippen molar-refractivity contribution >= 4 is 15.9 Å². The van der Waals surface area contributed by atoms with Crippen LogP contribution in [0.3, 0.4) is 0 Å². The van der Waals surface area contributed by atoms with Crippen LogP contribution in [0, 0.1) is 5.92 Å². The van der Waals surface area contributed by atoms with Crippen LogP contribution >= 0.6 is 0 Å². The molecule has 2 unspecified atom stereocenters. The molecule has 0 bridgehead atoms. The Balaban J connectivity index is 1.77. The Bertz CT molecular complexity index is 900. The van der Waals surface area contributed by atoms with Crippen LogP contribution in [-0.4, -0.2) is 38.9 Å². The molecule has 1 amide bonds. The average molecular weight is 388 g/mol. The van der Waals surface area contributed by atoms with Crippen molar-refractivity contribution in [2.75, 3.05) is 19.6 Å². The summed E-state index contributed by atoms with van der Waals surface area (Å²) in [7, 11) is -3.74. The largest absolute Gasteiger partial charge is 0.338 e. The number of nitrogens with one attached hydrogen (secondary N) is 1. The third-order valence-electron chi connectivity index (χ3n) is 4.93. The van der Waals surface area contributed by atoms with Crippen LogP contribution in [0.5, 0.6) is 0 Å². The molecule has 1 saturated heterocycles. The number of nitrogens with two attached hydrogens (primary N) is 1. The van der Waals surface area contributed by atoms with Crippen molar-refractivity contribution in [1.29, 1.82) is 0 Å². The van der Waals surface area contributed by atoms with Crippen LogP contribution in [0.25, 0.3) is 0 Å². The number of hydrogen-bond donors (Lipinski definition) is 2. The van der Waals surface area contributed by atoms with Gasteiger partial charge in [0.2, 0.25) is 10.0 Å². The van der Waals surface area contributed by atoms with Crippen molar-refractivity contribution in [3.8, 4) is 0 Å². The van der Waals surface area contributed by atoms with Crippen molar-refractivity contribution in [1.82, 2.24) is 9.62 Å². The van der Waals surface area contributed by atoms with Crippen LogP contribution in [0.2, 0.25) is 0 Å². The number of likely N-dealkylation sites (tertiary alicyclic amines) is 1. The average Bonchev–Trinajstić information content (AvgIpc) is 3.17. The molecule has 2 atom stereocenters. The summed E-state index contributed by atoms with van der Waals surface area (Å²) < 4.78 is 28.2. The van der Waals surface area contributed by atoms with Gasteiger partial charge in [0.25, 0.3) is 5.91 Å². The molecule has 2 aromatic rings. The zero-order valence-corrected chi connectivity index (χ0v) is 16.2. The van der Waals surface area contributed by atoms with E-state index in [4.69, 9.17) is 5.73 Å². The second-order valence-corrected chi connectivity index (χ2v) is 8.64. The third kappa shape index (κ3) is 4.55. The van der Waals surface area contributed by atoms with Crippen LogP contribution in [0.4, 0.5) is 0 Å². The van der Waals surface area contributed by atoms with E-state index in [0.29, 0.717) is 31.1 Å². The van der Waals surface area contributed by atoms with E-state index in [1.165, 1.54) is 12.1 Å². The van der Waals surface area contributed by atoms with Gasteiger partial charge in [-0.2, -0.15) is 0 Å². The monoisotopic (exact) mass is 387 g/mol. The Morgan fingerprint density at radius 3 is 2.63 bits per heavy atom. The molecule has 6 nitrogen and oxygen atoms in total. The Labute approximate surface area is 160 Å². The van der Waals surface area contributed by atoms with Crippen LogP contribution < -0.4 is 10.5 Å². The van der Waals surface area contributed by atoms with Crippen molar-refractivity contribution in [3.63, 3.8) is 0 Å². The highest BCUT2D eigenvalue weighted by atomic mass is 32.2. The summed E-state index contributed by atoms with van der Waals surface area (Å²) in [5, 5.41) is 0. The van der Waals surface area contributed by atoms with Gasteiger partial charge in [0, 0.05) is 24.7 Å². The molecular formula is C20H25N3O3S. The summed E-state index contributed by atoms with van der Waals surface area (Å²) in [5.41, 5.74) is 6.94. The highest BCUT2D eigenvalue weighted by Gasteiger charge is 2.27. The van der Waals surface area contributed by atoms with E-state index in [2.05, 4.69) is 4.72 Å². The van der Waals surface area contributed by atoms with E-state index < -0.39 is 10.0 Å². The zero-order valence-electron chi connectivity index (χ0n) is 15.3. The maximum atomic E-state index is 12.8. The molecule has 27 heavy (non-hydrogen) atoms. The van der Waals surface area contributed by atoms with Crippen molar-refractivity contribution in [2.24, 2.45) is 11.7 Å². The van der Waals surface area contributed by atoms with Gasteiger partial charge in [-0.1, -0.05) is 36.4 Å². The van der Waals surface area contributed by atoms with Gasteiger partial charge in [-0.15, -0.1) is 0 Å². The summed E-state index contributed by atoms with van der Waals surface area (Å²) in [4.78, 5) is 14.5. The van der Waals surface area contributed by atoms with Crippen molar-refractivity contribution < 1.29 is 13.2 Å². The fourth-order valence-corrected chi connectivity index (χ4v) is 4.58. The first-order valence-electron chi connectivity index (χ1n) is 9.07. The van der Waals surface area contributed by atoms with Crippen LogP contribution in [0.1, 0.15) is 35.3 Å². The highest BCUT2D eigenvalue weighted by Crippen LogP contribution is 2.21. The van der Waals surface area contributed by atoms with E-state index in [1.807, 2.05) is 30.3 Å². The lowest BCUT2D eigenvalue weighted by Crippen LogP contribution is -2.30. The topological polar surface area (TPSA) is 92.5 Å². The molecule has 2 aromatic carbocycles. The first kappa shape index (κ1) is 19.5. The molecule has 1 aliphatic heterocycles. The highest BCUT2D eigenvalue weighted by molar-refractivity contribution is 7.89. The Kier molecular flexibility index (Phi) is 5.94. The number of amides is 1. The van der Waals surface area contributed by atoms with Gasteiger partial charge < -0.3 is 10.6 Å². The molecule has 144 valence electrons. The second-order valence-electron chi connectivity index (χ2n) is 6.92. The Hall–Kier alpha value is -2.22. The fourth-order valence-electron chi connectivity index (χ4n) is 3.30. The van der Waals surface area contributed by atoms with E-state index in [-0.39, 0.29) is 16.8 Å². The number of carbonyl (C=O) groups excluding carboxylic acids is 1. The Morgan fingerprint density at radius 2 is 1.96 bits per heavy atom. The number of hydrogen-bond acceptors (Lipinski definition) is 4. The molecule has 0 saturated carbocycles. The third-order valence-corrected chi connectivity index (χ3v) is 6.47. The molecule has 7 heteroatoms. The van der Waals surface area contributed by atoms with Crippen molar-refractivity contribution in [3.05, 3.63) is 65.7 Å². The van der Waals surface area contributed by atoms with Crippen LogP contribution in [0.15, 0.2) is 59.5 Å². The lowest BCUT2D eigenvalue weighted by Gasteiger charge is -2.18. The first-order valence-corrected chi connectivity index (χ1v) is 10.6. The molecule has 3 rings (SSSR count). The number of benzene rings is 2. The summed E-state index contributed by atoms with van der Waals surface area (Å²) in [6, 6.07) is 15.2. The number of nitrogens with zero attached hydrogens (tertiary/aromatic N) is 1. The SMILES string of the molecule is CC(NS(=O)(=O)c1cccc(C(=O)N2CCC(CN)C2)c1)c1ccccc1. The molecule has 1 heterocycles. The predicted octanol–water partition coefficient (Wildman–Crippen LogP) is 2.15. The first-order chi connectivity index (χ1) is 12.9. The molecule has 0 aromatic heterocycles. The van der Waals surface area contributed by atoms with Gasteiger partial charge in [0.1, 0.15) is 0 Å². The molecule has 0 spiro atoms. The Morgan fingerprint density at radius 1 is 1.22 bits per heavy atom. The molecule has 0 aliphatic carbocycles. The lowest BCUT2D eigenvalue weighted by molar-refractivity contribution is 0.0787. The summed E-state index contributed by atoms with van der Waals surface area (Å²) in [6.07, 6.45) is 0.885. The van der Waals surface area contributed by atoms with E-state index in [0.717, 1.165) is 12.0 Å². The maximum absolute atomic E-state index is 12.8. The minimum absolute atomic E-state index is 0.0886. The molecule has 0 radical (unpaired) electrons. The summed E-state index contributed by atoms with van der Waals surface area (Å²) >= 11 is 0. The van der Waals surface area contributed by atoms with Gasteiger partial charge in [-0.3, -0.25) is 4.79 Å². The molecule has 1 fully saturated rings. The van der Waals surface area contributed by atoms with Crippen molar-refractivity contribution in [2.45, 2.75) is 24.3 Å². The van der Waals surface area contributed by atoms with Gasteiger partial charge in [0.05, 0.1) is 4.90 Å². The van der Waals surface area contributed by atoms with Gasteiger partial charge in [-0.25, -0.2) is 13.1 Å². The summed E-state index contributed by atoms with van der Waals surface area (Å²) in [6.45, 7) is 3.62. The smallest absolute Gasteiger partial charge is 0.253 e. The number of carbonyl (C=O) groups is 1. The number of rotatable bonds is 6. The van der Waals surface area contributed by atoms with Gasteiger partial charge in [0.15, 0.2) is 0 Å². The van der Waals surface area contributed by atoms with Gasteiger partial charge >= 0.3 is 0 Å². The molecule has 3 N–H and O–H groups in total. The minimum Gasteiger partial charge on any atom is -0.338 e. The normalized spacial score (nSPS) is 18.4. The lowest BCUT2D eigenvalue weighted by atomic mass is 10.1. The standard InChI is InChI=1S/C20H25N3O3S/c1-15(17-6-3-2-4-7-17)22-27(25,26)19-9-5-8-18(12-19)20(24)23-11-10-16(13-21)14-23/h2-9,12,15-16,22H,10-11,13-14,21H2,1H3. The second kappa shape index (κ2) is 8.21. The molecule has 1 aliphatic rings. The van der Waals surface area contributed by atoms with E-state index in [1.54, 1.807) is 24.0 Å². The predicted molar refractivity (Wildman–Crippen MR) is 105 cm³/mol. The number of sulfonamides is 1. The zero-order chi connectivity index (χ0) is 19.4. The van der Waals surface area contributed by atoms with Gasteiger partial charge in [-0.05, 0) is 49.6 Å². The minimum atomic E-state index is -3.74. The molecular weight excluding hydrogens is 362 g/mol. The van der Waals surface area contributed by atoms with E-state index in [9.17, 15) is 13.2 Å².